The van der Waals surface area contributed by atoms with Gasteiger partial charge in [0.1, 0.15) is 0 Å². The maximum Gasteiger partial charge on any atom is 0.0307 e. The Morgan fingerprint density at radius 1 is 1.67 bits per heavy atom. The molecule has 0 aromatic heterocycles. The quantitative estimate of drug-likeness (QED) is 0.570. The molecule has 2 N–H and O–H groups in total. The van der Waals surface area contributed by atoms with Crippen LogP contribution in [0.5, 0.6) is 0 Å². The lowest BCUT2D eigenvalue weighted by atomic mass is 10.3. The molecule has 1 heteroatoms. The summed E-state index contributed by atoms with van der Waals surface area (Å²) in [5.74, 6) is 0. The highest BCUT2D eigenvalue weighted by Crippen LogP contribution is 1.86. The van der Waals surface area contributed by atoms with E-state index in [4.69, 9.17) is 5.73 Å². The second kappa shape index (κ2) is 5.16. The van der Waals surface area contributed by atoms with Crippen molar-refractivity contribution in [1.29, 1.82) is 0 Å². The van der Waals surface area contributed by atoms with E-state index in [1.165, 1.54) is 0 Å². The molecule has 0 spiro atoms. The zero-order valence-corrected chi connectivity index (χ0v) is 5.80. The predicted octanol–water partition coefficient (Wildman–Crippen LogP) is 1.98. The van der Waals surface area contributed by atoms with Gasteiger partial charge in [-0.25, -0.2) is 0 Å². The molecule has 1 nitrogen and oxygen atoms in total. The predicted molar refractivity (Wildman–Crippen MR) is 41.9 cm³/mol. The van der Waals surface area contributed by atoms with Gasteiger partial charge in [-0.05, 0) is 18.6 Å². The summed E-state index contributed by atoms with van der Waals surface area (Å²) in [5, 5.41) is 0. The molecule has 0 saturated heterocycles. The van der Waals surface area contributed by atoms with Gasteiger partial charge in [0, 0.05) is 5.70 Å². The summed E-state index contributed by atoms with van der Waals surface area (Å²) in [4.78, 5) is 0. The van der Waals surface area contributed by atoms with Crippen LogP contribution in [0.4, 0.5) is 0 Å². The van der Waals surface area contributed by atoms with Crippen LogP contribution in [0.1, 0.15) is 13.3 Å². The lowest BCUT2D eigenvalue weighted by Crippen LogP contribution is -1.89. The third-order valence-electron chi connectivity index (χ3n) is 0.896. The fraction of sp³-hybridized carbons (Fsp3) is 0.250. The summed E-state index contributed by atoms with van der Waals surface area (Å²) in [6.45, 7) is 5.59. The maximum absolute atomic E-state index is 5.41. The van der Waals surface area contributed by atoms with Crippen molar-refractivity contribution in [2.24, 2.45) is 5.73 Å². The molecule has 0 aliphatic heterocycles. The Kier molecular flexibility index (Phi) is 4.60. The molecular formula is C8H13N. The molecule has 0 heterocycles. The summed E-state index contributed by atoms with van der Waals surface area (Å²) in [5.41, 5.74) is 6.11. The number of rotatable bonds is 3. The van der Waals surface area contributed by atoms with Crippen molar-refractivity contribution in [3.63, 3.8) is 0 Å². The molecule has 0 bridgehead atoms. The average Bonchev–Trinajstić information content (AvgIpc) is 1.89. The fourth-order valence-corrected chi connectivity index (χ4v) is 0.383. The first-order chi connectivity index (χ1) is 4.31. The van der Waals surface area contributed by atoms with Crippen LogP contribution in [0.25, 0.3) is 0 Å². The van der Waals surface area contributed by atoms with Gasteiger partial charge in [-0.3, -0.25) is 0 Å². The van der Waals surface area contributed by atoms with Gasteiger partial charge in [0.15, 0.2) is 0 Å². The first-order valence-corrected chi connectivity index (χ1v) is 3.06. The van der Waals surface area contributed by atoms with Crippen molar-refractivity contribution in [1.82, 2.24) is 0 Å². The van der Waals surface area contributed by atoms with Gasteiger partial charge < -0.3 is 5.73 Å². The Balaban J connectivity index is 3.68. The standard InChI is InChI=1S/C8H13N/c1-3-5-6-7-8(9)4-2/h4-7H,2-3,9H2,1H3. The van der Waals surface area contributed by atoms with Gasteiger partial charge in [-0.2, -0.15) is 0 Å². The minimum absolute atomic E-state index is 0.708. The Labute approximate surface area is 56.6 Å². The second-order valence-corrected chi connectivity index (χ2v) is 1.71. The van der Waals surface area contributed by atoms with E-state index in [2.05, 4.69) is 13.5 Å². The largest absolute Gasteiger partial charge is 0.399 e. The molecule has 0 aliphatic carbocycles. The van der Waals surface area contributed by atoms with Crippen LogP contribution in [0.2, 0.25) is 0 Å². The van der Waals surface area contributed by atoms with Crippen molar-refractivity contribution < 1.29 is 0 Å². The van der Waals surface area contributed by atoms with E-state index in [0.717, 1.165) is 6.42 Å². The monoisotopic (exact) mass is 123 g/mol. The molecule has 0 fully saturated rings. The van der Waals surface area contributed by atoms with E-state index in [9.17, 15) is 0 Å². The average molecular weight is 123 g/mol. The summed E-state index contributed by atoms with van der Waals surface area (Å²) >= 11 is 0. The summed E-state index contributed by atoms with van der Waals surface area (Å²) in [7, 11) is 0. The molecular weight excluding hydrogens is 110 g/mol. The Morgan fingerprint density at radius 3 is 2.78 bits per heavy atom. The minimum Gasteiger partial charge on any atom is -0.399 e. The van der Waals surface area contributed by atoms with E-state index >= 15 is 0 Å². The molecule has 50 valence electrons. The van der Waals surface area contributed by atoms with Gasteiger partial charge in [0.25, 0.3) is 0 Å². The highest BCUT2D eigenvalue weighted by Gasteiger charge is 1.71. The summed E-state index contributed by atoms with van der Waals surface area (Å²) < 4.78 is 0. The normalized spacial score (nSPS) is 12.3. The SMILES string of the molecule is C=CC(N)=CC=CCC. The Bertz CT molecular complexity index is 132. The zero-order chi connectivity index (χ0) is 7.11. The van der Waals surface area contributed by atoms with Crippen LogP contribution < -0.4 is 5.73 Å². The molecule has 0 aromatic rings. The number of hydrogen-bond donors (Lipinski definition) is 1. The summed E-state index contributed by atoms with van der Waals surface area (Å²) in [6, 6.07) is 0. The second-order valence-electron chi connectivity index (χ2n) is 1.71. The van der Waals surface area contributed by atoms with Crippen molar-refractivity contribution in [2.45, 2.75) is 13.3 Å². The number of nitrogens with two attached hydrogens (primary N) is 1. The van der Waals surface area contributed by atoms with E-state index in [-0.39, 0.29) is 0 Å². The molecule has 0 saturated carbocycles. The highest BCUT2D eigenvalue weighted by molar-refractivity contribution is 5.18. The summed E-state index contributed by atoms with van der Waals surface area (Å²) in [6.07, 6.45) is 8.46. The fourth-order valence-electron chi connectivity index (χ4n) is 0.383. The lowest BCUT2D eigenvalue weighted by Gasteiger charge is -1.83. The van der Waals surface area contributed by atoms with Crippen LogP contribution in [0, 0.1) is 0 Å². The first-order valence-electron chi connectivity index (χ1n) is 3.06. The van der Waals surface area contributed by atoms with E-state index in [1.54, 1.807) is 6.08 Å². The molecule has 0 radical (unpaired) electrons. The number of allylic oxidation sites excluding steroid dienone is 4. The smallest absolute Gasteiger partial charge is 0.0307 e. The van der Waals surface area contributed by atoms with Crippen molar-refractivity contribution in [3.8, 4) is 0 Å². The number of hydrogen-bond acceptors (Lipinski definition) is 1. The molecule has 0 aromatic carbocycles. The van der Waals surface area contributed by atoms with Crippen LogP contribution in [0.15, 0.2) is 36.6 Å². The molecule has 0 rings (SSSR count). The van der Waals surface area contributed by atoms with Crippen molar-refractivity contribution in [3.05, 3.63) is 36.6 Å². The van der Waals surface area contributed by atoms with E-state index < -0.39 is 0 Å². The first kappa shape index (κ1) is 8.02. The van der Waals surface area contributed by atoms with Crippen LogP contribution in [-0.4, -0.2) is 0 Å². The van der Waals surface area contributed by atoms with Crippen LogP contribution >= 0.6 is 0 Å². The van der Waals surface area contributed by atoms with Gasteiger partial charge in [-0.1, -0.05) is 25.7 Å². The molecule has 0 atom stereocenters. The van der Waals surface area contributed by atoms with Gasteiger partial charge >= 0.3 is 0 Å². The molecule has 0 aliphatic rings. The van der Waals surface area contributed by atoms with Gasteiger partial charge in [0.2, 0.25) is 0 Å². The van der Waals surface area contributed by atoms with Crippen LogP contribution in [-0.2, 0) is 0 Å². The topological polar surface area (TPSA) is 26.0 Å². The Morgan fingerprint density at radius 2 is 2.33 bits per heavy atom. The Hall–Kier alpha value is -0.980. The van der Waals surface area contributed by atoms with Crippen LogP contribution in [0.3, 0.4) is 0 Å². The van der Waals surface area contributed by atoms with Gasteiger partial charge in [-0.15, -0.1) is 0 Å². The highest BCUT2D eigenvalue weighted by atomic mass is 14.5. The minimum atomic E-state index is 0.708. The van der Waals surface area contributed by atoms with Gasteiger partial charge in [0.05, 0.1) is 0 Å². The van der Waals surface area contributed by atoms with E-state index in [0.29, 0.717) is 5.70 Å². The molecule has 9 heavy (non-hydrogen) atoms. The van der Waals surface area contributed by atoms with Crippen molar-refractivity contribution >= 4 is 0 Å². The molecule has 0 amide bonds. The van der Waals surface area contributed by atoms with E-state index in [1.807, 2.05) is 18.2 Å². The van der Waals surface area contributed by atoms with Crippen molar-refractivity contribution in [2.75, 3.05) is 0 Å². The zero-order valence-electron chi connectivity index (χ0n) is 5.80. The third kappa shape index (κ3) is 4.88. The lowest BCUT2D eigenvalue weighted by molar-refractivity contribution is 1.22. The maximum atomic E-state index is 5.41. The third-order valence-corrected chi connectivity index (χ3v) is 0.896. The molecule has 0 unspecified atom stereocenters.